The van der Waals surface area contributed by atoms with Gasteiger partial charge in [-0.3, -0.25) is 0 Å². The highest BCUT2D eigenvalue weighted by Crippen LogP contribution is 2.25. The molecule has 1 aliphatic heterocycles. The van der Waals surface area contributed by atoms with Crippen LogP contribution in [0.4, 0.5) is 5.82 Å². The molecular weight excluding hydrogens is 272 g/mol. The van der Waals surface area contributed by atoms with Crippen LogP contribution in [-0.2, 0) is 10.6 Å². The number of rotatable bonds is 5. The summed E-state index contributed by atoms with van der Waals surface area (Å²) < 4.78 is 5.26. The minimum Gasteiger partial charge on any atom is -0.384 e. The molecule has 20 heavy (non-hydrogen) atoms. The fourth-order valence-corrected chi connectivity index (χ4v) is 2.85. The number of methoxy groups -OCH3 is 1. The molecule has 0 N–H and O–H groups in total. The van der Waals surface area contributed by atoms with E-state index in [9.17, 15) is 0 Å². The molecule has 2 rings (SSSR count). The van der Waals surface area contributed by atoms with Crippen molar-refractivity contribution in [1.29, 1.82) is 0 Å². The summed E-state index contributed by atoms with van der Waals surface area (Å²) in [4.78, 5) is 7.19. The van der Waals surface area contributed by atoms with Crippen molar-refractivity contribution in [1.82, 2.24) is 4.98 Å². The van der Waals surface area contributed by atoms with E-state index in [0.29, 0.717) is 17.7 Å². The van der Waals surface area contributed by atoms with Crippen molar-refractivity contribution in [2.75, 3.05) is 31.7 Å². The SMILES string of the molecule is COCC1CCN(c2cc(CCl)cc(C(C)C)n2)CC1. The summed E-state index contributed by atoms with van der Waals surface area (Å²) in [5, 5.41) is 0. The average molecular weight is 297 g/mol. The molecule has 0 aliphatic carbocycles. The molecule has 0 unspecified atom stereocenters. The van der Waals surface area contributed by atoms with Gasteiger partial charge in [0.2, 0.25) is 0 Å². The topological polar surface area (TPSA) is 25.4 Å². The van der Waals surface area contributed by atoms with Crippen molar-refractivity contribution < 1.29 is 4.74 Å². The fraction of sp³-hybridized carbons (Fsp3) is 0.688. The Hall–Kier alpha value is -0.800. The third-order valence-corrected chi connectivity index (χ3v) is 4.29. The molecular formula is C16H25ClN2O. The van der Waals surface area contributed by atoms with Gasteiger partial charge in [-0.1, -0.05) is 13.8 Å². The van der Waals surface area contributed by atoms with Gasteiger partial charge in [-0.2, -0.15) is 0 Å². The summed E-state index contributed by atoms with van der Waals surface area (Å²) in [5.41, 5.74) is 2.30. The number of nitrogens with zero attached hydrogens (tertiary/aromatic N) is 2. The summed E-state index contributed by atoms with van der Waals surface area (Å²) >= 11 is 6.02. The lowest BCUT2D eigenvalue weighted by Crippen LogP contribution is -2.35. The predicted octanol–water partition coefficient (Wildman–Crippen LogP) is 3.81. The number of ether oxygens (including phenoxy) is 1. The monoisotopic (exact) mass is 296 g/mol. The van der Waals surface area contributed by atoms with E-state index in [-0.39, 0.29) is 0 Å². The summed E-state index contributed by atoms with van der Waals surface area (Å²) in [6.45, 7) is 7.35. The Bertz CT molecular complexity index is 428. The molecule has 1 aliphatic rings. The summed E-state index contributed by atoms with van der Waals surface area (Å²) in [6, 6.07) is 4.26. The molecule has 2 heterocycles. The first-order valence-corrected chi connectivity index (χ1v) is 7.98. The van der Waals surface area contributed by atoms with Gasteiger partial charge >= 0.3 is 0 Å². The third kappa shape index (κ3) is 3.86. The highest BCUT2D eigenvalue weighted by Gasteiger charge is 2.20. The zero-order valence-corrected chi connectivity index (χ0v) is 13.5. The van der Waals surface area contributed by atoms with Crippen LogP contribution in [-0.4, -0.2) is 31.8 Å². The molecule has 1 aromatic rings. The molecule has 0 spiro atoms. The van der Waals surface area contributed by atoms with Crippen LogP contribution in [0, 0.1) is 5.92 Å². The van der Waals surface area contributed by atoms with Crippen molar-refractivity contribution in [2.45, 2.75) is 38.5 Å². The van der Waals surface area contributed by atoms with Crippen LogP contribution >= 0.6 is 11.6 Å². The highest BCUT2D eigenvalue weighted by molar-refractivity contribution is 6.17. The van der Waals surface area contributed by atoms with Crippen LogP contribution in [0.15, 0.2) is 12.1 Å². The number of pyridine rings is 1. The maximum atomic E-state index is 6.02. The maximum absolute atomic E-state index is 6.02. The second-order valence-electron chi connectivity index (χ2n) is 5.93. The Balaban J connectivity index is 2.10. The van der Waals surface area contributed by atoms with Crippen LogP contribution < -0.4 is 4.90 Å². The van der Waals surface area contributed by atoms with Crippen molar-refractivity contribution in [3.8, 4) is 0 Å². The molecule has 0 bridgehead atoms. The van der Waals surface area contributed by atoms with Crippen molar-refractivity contribution in [2.24, 2.45) is 5.92 Å². The fourth-order valence-electron chi connectivity index (χ4n) is 2.69. The zero-order chi connectivity index (χ0) is 14.5. The first-order chi connectivity index (χ1) is 9.63. The van der Waals surface area contributed by atoms with Crippen LogP contribution in [0.3, 0.4) is 0 Å². The lowest BCUT2D eigenvalue weighted by Gasteiger charge is -2.33. The largest absolute Gasteiger partial charge is 0.384 e. The molecule has 0 aromatic carbocycles. The van der Waals surface area contributed by atoms with E-state index in [1.807, 2.05) is 0 Å². The first-order valence-electron chi connectivity index (χ1n) is 7.44. The van der Waals surface area contributed by atoms with E-state index in [1.54, 1.807) is 7.11 Å². The molecule has 1 fully saturated rings. The maximum Gasteiger partial charge on any atom is 0.129 e. The highest BCUT2D eigenvalue weighted by atomic mass is 35.5. The summed E-state index contributed by atoms with van der Waals surface area (Å²) in [5.74, 6) is 2.76. The van der Waals surface area contributed by atoms with E-state index in [0.717, 1.165) is 31.2 Å². The van der Waals surface area contributed by atoms with Crippen LogP contribution in [0.1, 0.15) is 43.9 Å². The van der Waals surface area contributed by atoms with Gasteiger partial charge < -0.3 is 9.64 Å². The number of aromatic nitrogens is 1. The summed E-state index contributed by atoms with van der Waals surface area (Å²) in [7, 11) is 1.78. The zero-order valence-electron chi connectivity index (χ0n) is 12.7. The Morgan fingerprint density at radius 2 is 2.05 bits per heavy atom. The molecule has 0 radical (unpaired) electrons. The standard InChI is InChI=1S/C16H25ClN2O/c1-12(2)15-8-14(10-17)9-16(18-15)19-6-4-13(5-7-19)11-20-3/h8-9,12-13H,4-7,10-11H2,1-3H3. The lowest BCUT2D eigenvalue weighted by molar-refractivity contribution is 0.139. The third-order valence-electron chi connectivity index (χ3n) is 3.98. The molecule has 1 aromatic heterocycles. The second kappa shape index (κ2) is 7.28. The van der Waals surface area contributed by atoms with Crippen molar-refractivity contribution >= 4 is 17.4 Å². The van der Waals surface area contributed by atoms with Gasteiger partial charge in [0.05, 0.1) is 0 Å². The molecule has 4 heteroatoms. The number of anilines is 1. The van der Waals surface area contributed by atoms with Crippen molar-refractivity contribution in [3.63, 3.8) is 0 Å². The van der Waals surface area contributed by atoms with Crippen LogP contribution in [0.5, 0.6) is 0 Å². The molecule has 0 saturated carbocycles. The summed E-state index contributed by atoms with van der Waals surface area (Å²) in [6.07, 6.45) is 2.36. The van der Waals surface area contributed by atoms with E-state index < -0.39 is 0 Å². The average Bonchev–Trinajstić information content (AvgIpc) is 2.47. The van der Waals surface area contributed by atoms with E-state index >= 15 is 0 Å². The van der Waals surface area contributed by atoms with Gasteiger partial charge in [-0.15, -0.1) is 11.6 Å². The number of piperidine rings is 1. The first kappa shape index (κ1) is 15.6. The lowest BCUT2D eigenvalue weighted by atomic mass is 9.97. The quantitative estimate of drug-likeness (QED) is 0.773. The Kier molecular flexibility index (Phi) is 5.67. The van der Waals surface area contributed by atoms with E-state index in [2.05, 4.69) is 30.9 Å². The van der Waals surface area contributed by atoms with Gasteiger partial charge in [0, 0.05) is 38.4 Å². The number of hydrogen-bond acceptors (Lipinski definition) is 3. The molecule has 1 saturated heterocycles. The minimum atomic E-state index is 0.433. The second-order valence-corrected chi connectivity index (χ2v) is 6.20. The number of halogens is 1. The Morgan fingerprint density at radius 3 is 2.60 bits per heavy atom. The molecule has 3 nitrogen and oxygen atoms in total. The number of alkyl halides is 1. The minimum absolute atomic E-state index is 0.433. The predicted molar refractivity (Wildman–Crippen MR) is 84.7 cm³/mol. The molecule has 0 atom stereocenters. The van der Waals surface area contributed by atoms with Crippen LogP contribution in [0.25, 0.3) is 0 Å². The van der Waals surface area contributed by atoms with Gasteiger partial charge in [0.25, 0.3) is 0 Å². The Labute approximate surface area is 127 Å². The number of hydrogen-bond donors (Lipinski definition) is 0. The van der Waals surface area contributed by atoms with Gasteiger partial charge in [0.15, 0.2) is 0 Å². The van der Waals surface area contributed by atoms with E-state index in [1.165, 1.54) is 18.4 Å². The molecule has 112 valence electrons. The van der Waals surface area contributed by atoms with Crippen LogP contribution in [0.2, 0.25) is 0 Å². The van der Waals surface area contributed by atoms with Gasteiger partial charge in [0.1, 0.15) is 5.82 Å². The Morgan fingerprint density at radius 1 is 1.35 bits per heavy atom. The molecule has 0 amide bonds. The van der Waals surface area contributed by atoms with Crippen molar-refractivity contribution in [3.05, 3.63) is 23.4 Å². The normalized spacial score (nSPS) is 16.9. The van der Waals surface area contributed by atoms with Gasteiger partial charge in [-0.05, 0) is 42.4 Å². The van der Waals surface area contributed by atoms with E-state index in [4.69, 9.17) is 21.3 Å². The van der Waals surface area contributed by atoms with Gasteiger partial charge in [-0.25, -0.2) is 4.98 Å². The smallest absolute Gasteiger partial charge is 0.129 e.